The number of aromatic nitrogens is 2. The quantitative estimate of drug-likeness (QED) is 0.586. The maximum atomic E-state index is 13.8. The second-order valence-electron chi connectivity index (χ2n) is 10.5. The molecule has 2 aliphatic heterocycles. The van der Waals surface area contributed by atoms with Gasteiger partial charge in [-0.2, -0.15) is 0 Å². The fourth-order valence-corrected chi connectivity index (χ4v) is 6.59. The minimum absolute atomic E-state index is 0.00510. The van der Waals surface area contributed by atoms with Crippen molar-refractivity contribution in [2.45, 2.75) is 43.6 Å². The number of carbonyl (C=O) groups excluding carboxylic acids is 2. The number of aromatic amines is 1. The Morgan fingerprint density at radius 1 is 1.11 bits per heavy atom. The molecule has 1 saturated carbocycles. The molecule has 6 rings (SSSR count). The largest absolute Gasteiger partial charge is 0.497 e. The highest BCUT2D eigenvalue weighted by atomic mass is 16.5. The van der Waals surface area contributed by atoms with Gasteiger partial charge in [0.2, 0.25) is 5.91 Å². The second kappa shape index (κ2) is 8.92. The number of carbonyl (C=O) groups is 2. The molecule has 188 valence electrons. The molecule has 0 unspecified atom stereocenters. The summed E-state index contributed by atoms with van der Waals surface area (Å²) in [5.74, 6) is 0.855. The molecule has 1 aliphatic carbocycles. The van der Waals surface area contributed by atoms with E-state index in [0.29, 0.717) is 25.2 Å². The number of rotatable bonds is 4. The third-order valence-corrected chi connectivity index (χ3v) is 8.36. The first kappa shape index (κ1) is 23.0. The Morgan fingerprint density at radius 2 is 1.86 bits per heavy atom. The smallest absolute Gasteiger partial charge is 0.254 e. The number of nitrogens with zero attached hydrogens (tertiary/aromatic N) is 3. The minimum Gasteiger partial charge on any atom is -0.497 e. The van der Waals surface area contributed by atoms with Gasteiger partial charge in [0, 0.05) is 66.2 Å². The van der Waals surface area contributed by atoms with Crippen molar-refractivity contribution in [1.82, 2.24) is 19.8 Å². The molecule has 8 nitrogen and oxygen atoms in total. The molecule has 1 saturated heterocycles. The van der Waals surface area contributed by atoms with Gasteiger partial charge in [0.15, 0.2) is 0 Å². The van der Waals surface area contributed by atoms with Gasteiger partial charge in [-0.05, 0) is 42.7 Å². The monoisotopic (exact) mass is 488 g/mol. The Morgan fingerprint density at radius 3 is 2.56 bits per heavy atom. The lowest BCUT2D eigenvalue weighted by Crippen LogP contribution is -2.68. The van der Waals surface area contributed by atoms with Crippen molar-refractivity contribution >= 4 is 22.7 Å². The molecular formula is C28H32N4O4. The average molecular weight is 489 g/mol. The van der Waals surface area contributed by atoms with E-state index in [0.717, 1.165) is 53.6 Å². The predicted octanol–water partition coefficient (Wildman–Crippen LogP) is 3.42. The van der Waals surface area contributed by atoms with Gasteiger partial charge in [-0.25, -0.2) is 0 Å². The van der Waals surface area contributed by atoms with Gasteiger partial charge < -0.3 is 24.6 Å². The zero-order chi connectivity index (χ0) is 24.9. The fourth-order valence-electron chi connectivity index (χ4n) is 6.59. The molecule has 2 amide bonds. The Kier molecular flexibility index (Phi) is 5.71. The molecule has 2 N–H and O–H groups in total. The summed E-state index contributed by atoms with van der Waals surface area (Å²) >= 11 is 0. The van der Waals surface area contributed by atoms with E-state index in [2.05, 4.69) is 9.97 Å². The molecule has 1 atom stereocenters. The summed E-state index contributed by atoms with van der Waals surface area (Å²) in [5, 5.41) is 11.6. The number of amides is 2. The molecule has 1 spiro atoms. The molecule has 3 aromatic rings. The number of ether oxygens (including phenoxy) is 1. The van der Waals surface area contributed by atoms with Crippen LogP contribution < -0.4 is 4.74 Å². The van der Waals surface area contributed by atoms with Crippen molar-refractivity contribution in [3.8, 4) is 5.75 Å². The molecule has 2 fully saturated rings. The Labute approximate surface area is 210 Å². The highest BCUT2D eigenvalue weighted by Gasteiger charge is 2.55. The van der Waals surface area contributed by atoms with Crippen LogP contribution in [0.4, 0.5) is 0 Å². The van der Waals surface area contributed by atoms with Gasteiger partial charge in [-0.15, -0.1) is 0 Å². The van der Waals surface area contributed by atoms with Crippen LogP contribution in [0.15, 0.2) is 42.7 Å². The fraction of sp³-hybridized carbons (Fsp3) is 0.464. The zero-order valence-electron chi connectivity index (χ0n) is 20.6. The number of aliphatic hydroxyl groups is 1. The van der Waals surface area contributed by atoms with Crippen LogP contribution in [0.3, 0.4) is 0 Å². The average Bonchev–Trinajstić information content (AvgIpc) is 3.30. The molecular weight excluding hydrogens is 456 g/mol. The van der Waals surface area contributed by atoms with Crippen molar-refractivity contribution in [3.05, 3.63) is 59.5 Å². The van der Waals surface area contributed by atoms with Crippen molar-refractivity contribution in [2.24, 2.45) is 5.92 Å². The molecule has 1 aromatic carbocycles. The Balaban J connectivity index is 1.41. The molecule has 36 heavy (non-hydrogen) atoms. The summed E-state index contributed by atoms with van der Waals surface area (Å²) in [6.07, 6.45) is 8.40. The van der Waals surface area contributed by atoms with Crippen molar-refractivity contribution in [3.63, 3.8) is 0 Å². The van der Waals surface area contributed by atoms with E-state index in [9.17, 15) is 14.7 Å². The van der Waals surface area contributed by atoms with Crippen molar-refractivity contribution in [2.75, 3.05) is 33.4 Å². The van der Waals surface area contributed by atoms with E-state index < -0.39 is 6.04 Å². The van der Waals surface area contributed by atoms with Crippen LogP contribution in [0.1, 0.15) is 59.8 Å². The standard InChI is InChI=1S/C28H32N4O4/c1-36-20-7-8-21-22(13-20)30-25-23(14-33)32(27(35)18-5-3-2-4-6-18)17-28(24(21)25)15-31(16-28)26(34)19-9-11-29-12-10-19/h7-13,18,23,30,33H,2-6,14-17H2,1H3/t23-/m0/s1. The van der Waals surface area contributed by atoms with Gasteiger partial charge in [0.1, 0.15) is 5.75 Å². The van der Waals surface area contributed by atoms with E-state index in [-0.39, 0.29) is 29.8 Å². The van der Waals surface area contributed by atoms with Crippen molar-refractivity contribution < 1.29 is 19.4 Å². The number of hydrogen-bond acceptors (Lipinski definition) is 5. The Hall–Kier alpha value is -3.39. The number of benzene rings is 1. The number of aliphatic hydroxyl groups excluding tert-OH is 1. The van der Waals surface area contributed by atoms with E-state index >= 15 is 0 Å². The summed E-state index contributed by atoms with van der Waals surface area (Å²) in [7, 11) is 1.64. The lowest BCUT2D eigenvalue weighted by molar-refractivity contribution is -0.144. The zero-order valence-corrected chi connectivity index (χ0v) is 20.6. The van der Waals surface area contributed by atoms with Gasteiger partial charge in [-0.3, -0.25) is 14.6 Å². The van der Waals surface area contributed by atoms with Crippen LogP contribution in [-0.4, -0.2) is 70.0 Å². The summed E-state index contributed by atoms with van der Waals surface area (Å²) in [6.45, 7) is 1.39. The van der Waals surface area contributed by atoms with E-state index in [1.165, 1.54) is 6.42 Å². The number of likely N-dealkylation sites (tertiary alicyclic amines) is 1. The first-order valence-electron chi connectivity index (χ1n) is 12.9. The maximum Gasteiger partial charge on any atom is 0.254 e. The topological polar surface area (TPSA) is 98.8 Å². The third-order valence-electron chi connectivity index (χ3n) is 8.36. The number of fused-ring (bicyclic) bond motifs is 4. The summed E-state index contributed by atoms with van der Waals surface area (Å²) in [5.41, 5.74) is 3.14. The molecule has 2 aromatic heterocycles. The van der Waals surface area contributed by atoms with Crippen molar-refractivity contribution in [1.29, 1.82) is 0 Å². The lowest BCUT2D eigenvalue weighted by Gasteiger charge is -2.56. The third kappa shape index (κ3) is 3.58. The number of hydrogen-bond donors (Lipinski definition) is 2. The summed E-state index contributed by atoms with van der Waals surface area (Å²) in [4.78, 5) is 38.3. The highest BCUT2D eigenvalue weighted by molar-refractivity contribution is 5.96. The Bertz CT molecular complexity index is 1290. The van der Waals surface area contributed by atoms with Crippen LogP contribution in [0.5, 0.6) is 5.75 Å². The van der Waals surface area contributed by atoms with Crippen LogP contribution in [0.2, 0.25) is 0 Å². The molecule has 4 heterocycles. The van der Waals surface area contributed by atoms with E-state index in [1.54, 1.807) is 31.6 Å². The van der Waals surface area contributed by atoms with Crippen LogP contribution in [0, 0.1) is 5.92 Å². The number of pyridine rings is 1. The first-order chi connectivity index (χ1) is 17.5. The molecule has 0 bridgehead atoms. The van der Waals surface area contributed by atoms with Gasteiger partial charge in [-0.1, -0.05) is 19.3 Å². The van der Waals surface area contributed by atoms with Gasteiger partial charge in [0.05, 0.1) is 25.2 Å². The molecule has 8 heteroatoms. The van der Waals surface area contributed by atoms with Crippen LogP contribution in [-0.2, 0) is 10.2 Å². The van der Waals surface area contributed by atoms with Gasteiger partial charge in [0.25, 0.3) is 5.91 Å². The van der Waals surface area contributed by atoms with Crippen LogP contribution >= 0.6 is 0 Å². The number of H-pyrrole nitrogens is 1. The van der Waals surface area contributed by atoms with Crippen LogP contribution in [0.25, 0.3) is 10.9 Å². The molecule has 0 radical (unpaired) electrons. The first-order valence-corrected chi connectivity index (χ1v) is 12.9. The second-order valence-corrected chi connectivity index (χ2v) is 10.5. The van der Waals surface area contributed by atoms with E-state index in [4.69, 9.17) is 4.74 Å². The van der Waals surface area contributed by atoms with Gasteiger partial charge >= 0.3 is 0 Å². The predicted molar refractivity (Wildman–Crippen MR) is 135 cm³/mol. The SMILES string of the molecule is COc1ccc2c3c([nH]c2c1)[C@H](CO)N(C(=O)C1CCCCC1)CC31CN(C(=O)c2ccncc2)C1. The summed E-state index contributed by atoms with van der Waals surface area (Å²) < 4.78 is 5.44. The maximum absolute atomic E-state index is 13.8. The normalized spacial score (nSPS) is 21.3. The number of nitrogens with one attached hydrogen (secondary N) is 1. The lowest BCUT2D eigenvalue weighted by atomic mass is 9.68. The minimum atomic E-state index is -0.427. The number of methoxy groups -OCH3 is 1. The molecule has 3 aliphatic rings. The van der Waals surface area contributed by atoms with E-state index in [1.807, 2.05) is 28.0 Å². The highest BCUT2D eigenvalue weighted by Crippen LogP contribution is 2.49. The summed E-state index contributed by atoms with van der Waals surface area (Å²) in [6, 6.07) is 8.99.